The number of carbonyl (C=O) groups is 2. The maximum Gasteiger partial charge on any atom is 0.242 e. The van der Waals surface area contributed by atoms with Gasteiger partial charge >= 0.3 is 0 Å². The lowest BCUT2D eigenvalue weighted by Crippen LogP contribution is -2.45. The highest BCUT2D eigenvalue weighted by molar-refractivity contribution is 5.86. The summed E-state index contributed by atoms with van der Waals surface area (Å²) in [5, 5.41) is 12.9. The molecule has 0 spiro atoms. The molecule has 4 rings (SSSR count). The number of ether oxygens (including phenoxy) is 3. The number of hydrogen-bond acceptors (Lipinski definition) is 10. The third-order valence-electron chi connectivity index (χ3n) is 7.93. The number of carbonyl (C=O) groups excluding carboxylic acids is 2. The minimum absolute atomic E-state index is 0.0898. The molecule has 0 aliphatic heterocycles. The highest BCUT2D eigenvalue weighted by atomic mass is 16.5. The average molecular weight is 608 g/mol. The van der Waals surface area contributed by atoms with Gasteiger partial charge in [-0.1, -0.05) is 31.5 Å². The first-order chi connectivity index (χ1) is 21.1. The van der Waals surface area contributed by atoms with E-state index in [1.807, 2.05) is 26.0 Å². The summed E-state index contributed by atoms with van der Waals surface area (Å²) < 4.78 is 22.3. The lowest BCUT2D eigenvalue weighted by atomic mass is 9.95. The zero-order valence-corrected chi connectivity index (χ0v) is 26.3. The number of fused-ring (bicyclic) bond motifs is 3. The monoisotopic (exact) mass is 607 g/mol. The Morgan fingerprint density at radius 3 is 2.48 bits per heavy atom. The van der Waals surface area contributed by atoms with Crippen LogP contribution in [0.5, 0.6) is 17.2 Å². The first-order valence-electron chi connectivity index (χ1n) is 14.7. The fraction of sp³-hybridized carbons (Fsp3) is 0.469. The SMILES string of the molecule is CCC(C)C(Nc1ccc2c(cc1=O)C(NC(C)=O)CCc1cc(OC)c(OC)c(OC)c1-2)C(=O)NCCc1nc(C)no1. The Balaban J connectivity index is 1.77. The number of aromatic nitrogens is 2. The topological polar surface area (TPSA) is 154 Å². The van der Waals surface area contributed by atoms with Crippen LogP contribution in [-0.4, -0.2) is 55.9 Å². The predicted molar refractivity (Wildman–Crippen MR) is 165 cm³/mol. The minimum atomic E-state index is -0.684. The summed E-state index contributed by atoms with van der Waals surface area (Å²) in [5.41, 5.74) is 2.97. The molecule has 44 heavy (non-hydrogen) atoms. The van der Waals surface area contributed by atoms with Gasteiger partial charge in [0.15, 0.2) is 17.3 Å². The van der Waals surface area contributed by atoms with E-state index in [1.165, 1.54) is 20.1 Å². The van der Waals surface area contributed by atoms with Gasteiger partial charge in [0.05, 0.1) is 33.1 Å². The van der Waals surface area contributed by atoms with Crippen molar-refractivity contribution in [1.29, 1.82) is 0 Å². The molecule has 0 bridgehead atoms. The first-order valence-corrected chi connectivity index (χ1v) is 14.7. The molecule has 0 saturated carbocycles. The quantitative estimate of drug-likeness (QED) is 0.277. The van der Waals surface area contributed by atoms with Crippen molar-refractivity contribution in [2.24, 2.45) is 5.92 Å². The van der Waals surface area contributed by atoms with E-state index < -0.39 is 12.1 Å². The summed E-state index contributed by atoms with van der Waals surface area (Å²) in [6.07, 6.45) is 2.23. The van der Waals surface area contributed by atoms with Crippen molar-refractivity contribution in [3.05, 3.63) is 57.3 Å². The molecule has 1 aliphatic rings. The van der Waals surface area contributed by atoms with E-state index in [-0.39, 0.29) is 28.8 Å². The molecule has 1 aliphatic carbocycles. The van der Waals surface area contributed by atoms with Gasteiger partial charge in [-0.2, -0.15) is 4.98 Å². The molecule has 12 nitrogen and oxygen atoms in total. The van der Waals surface area contributed by atoms with Crippen LogP contribution in [0.15, 0.2) is 33.6 Å². The van der Waals surface area contributed by atoms with E-state index in [9.17, 15) is 14.4 Å². The maximum atomic E-state index is 13.8. The molecule has 1 aromatic heterocycles. The molecule has 3 N–H and O–H groups in total. The Bertz CT molecular complexity index is 1570. The Hall–Kier alpha value is -4.61. The average Bonchev–Trinajstić information content (AvgIpc) is 3.28. The number of benzene rings is 1. The maximum absolute atomic E-state index is 13.8. The molecule has 0 radical (unpaired) electrons. The normalized spacial score (nSPS) is 15.1. The lowest BCUT2D eigenvalue weighted by Gasteiger charge is -2.24. The van der Waals surface area contributed by atoms with Crippen LogP contribution in [0.3, 0.4) is 0 Å². The van der Waals surface area contributed by atoms with Crippen molar-refractivity contribution in [2.75, 3.05) is 33.2 Å². The van der Waals surface area contributed by atoms with Crippen molar-refractivity contribution < 1.29 is 28.3 Å². The third-order valence-corrected chi connectivity index (χ3v) is 7.93. The summed E-state index contributed by atoms with van der Waals surface area (Å²) in [4.78, 5) is 43.6. The number of nitrogens with one attached hydrogen (secondary N) is 3. The Morgan fingerprint density at radius 2 is 1.86 bits per heavy atom. The van der Waals surface area contributed by atoms with E-state index in [0.29, 0.717) is 72.3 Å². The predicted octanol–water partition coefficient (Wildman–Crippen LogP) is 3.74. The Kier molecular flexibility index (Phi) is 10.5. The molecule has 12 heteroatoms. The van der Waals surface area contributed by atoms with Crippen molar-refractivity contribution in [3.63, 3.8) is 0 Å². The number of rotatable bonds is 12. The molecule has 2 amide bonds. The molecule has 0 fully saturated rings. The van der Waals surface area contributed by atoms with Crippen molar-refractivity contribution in [3.8, 4) is 28.4 Å². The van der Waals surface area contributed by atoms with Crippen molar-refractivity contribution >= 4 is 17.5 Å². The number of hydrogen-bond donors (Lipinski definition) is 3. The Morgan fingerprint density at radius 1 is 1.11 bits per heavy atom. The van der Waals surface area contributed by atoms with E-state index in [1.54, 1.807) is 27.2 Å². The molecular formula is C32H41N5O7. The van der Waals surface area contributed by atoms with E-state index in [2.05, 4.69) is 26.1 Å². The van der Waals surface area contributed by atoms with E-state index in [4.69, 9.17) is 18.7 Å². The summed E-state index contributed by atoms with van der Waals surface area (Å²) in [7, 11) is 4.65. The van der Waals surface area contributed by atoms with Gasteiger partial charge in [0.1, 0.15) is 6.04 Å². The van der Waals surface area contributed by atoms with Crippen LogP contribution in [-0.2, 0) is 22.4 Å². The highest BCUT2D eigenvalue weighted by Gasteiger charge is 2.30. The second-order valence-electron chi connectivity index (χ2n) is 10.9. The smallest absolute Gasteiger partial charge is 0.242 e. The van der Waals surface area contributed by atoms with Crippen LogP contribution in [0, 0.1) is 12.8 Å². The number of amides is 2. The summed E-state index contributed by atoms with van der Waals surface area (Å²) in [5.74, 6) is 1.83. The summed E-state index contributed by atoms with van der Waals surface area (Å²) in [6, 6.07) is 5.83. The van der Waals surface area contributed by atoms with Gasteiger partial charge in [-0.15, -0.1) is 0 Å². The van der Waals surface area contributed by atoms with Gasteiger partial charge in [-0.3, -0.25) is 14.4 Å². The number of anilines is 1. The largest absolute Gasteiger partial charge is 0.493 e. The molecule has 236 valence electrons. The third kappa shape index (κ3) is 6.95. The zero-order valence-electron chi connectivity index (χ0n) is 26.3. The molecular weight excluding hydrogens is 566 g/mol. The van der Waals surface area contributed by atoms with Gasteiger partial charge in [-0.25, -0.2) is 0 Å². The number of nitrogens with zero attached hydrogens (tertiary/aromatic N) is 2. The van der Waals surface area contributed by atoms with Gasteiger partial charge < -0.3 is 34.7 Å². The van der Waals surface area contributed by atoms with Crippen LogP contribution < -0.4 is 35.6 Å². The standard InChI is InChI=1S/C32H41N5O7/c1-8-17(2)29(32(40)33-14-13-27-34-18(3)37-44-27)36-24-12-10-21-22(16-25(24)39)23(35-19(4)38)11-9-20-15-26(41-5)30(42-6)31(43-7)28(20)21/h10,12,15-17,23,29H,8-9,11,13-14H2,1-7H3,(H,33,40)(H,35,38)(H,36,39). The summed E-state index contributed by atoms with van der Waals surface area (Å²) in [6.45, 7) is 7.43. The highest BCUT2D eigenvalue weighted by Crippen LogP contribution is 2.50. The zero-order chi connectivity index (χ0) is 32.0. The van der Waals surface area contributed by atoms with Crippen LogP contribution in [0.25, 0.3) is 11.1 Å². The number of aryl methyl sites for hydroxylation is 2. The molecule has 0 saturated heterocycles. The lowest BCUT2D eigenvalue weighted by molar-refractivity contribution is -0.123. The van der Waals surface area contributed by atoms with Gasteiger partial charge in [0.2, 0.25) is 28.9 Å². The molecule has 3 aromatic rings. The summed E-state index contributed by atoms with van der Waals surface area (Å²) >= 11 is 0. The van der Waals surface area contributed by atoms with Crippen molar-refractivity contribution in [1.82, 2.24) is 20.8 Å². The second-order valence-corrected chi connectivity index (χ2v) is 10.9. The van der Waals surface area contributed by atoms with E-state index in [0.717, 1.165) is 11.1 Å². The van der Waals surface area contributed by atoms with Crippen molar-refractivity contribution in [2.45, 2.75) is 65.5 Å². The molecule has 1 heterocycles. The first kappa shape index (κ1) is 32.3. The van der Waals surface area contributed by atoms with Crippen LogP contribution >= 0.6 is 0 Å². The Labute approximate surface area is 256 Å². The molecule has 3 unspecified atom stereocenters. The van der Waals surface area contributed by atoms with Crippen LogP contribution in [0.1, 0.15) is 62.5 Å². The fourth-order valence-electron chi connectivity index (χ4n) is 5.54. The van der Waals surface area contributed by atoms with Gasteiger partial charge in [-0.05, 0) is 60.6 Å². The molecule has 2 aromatic carbocycles. The minimum Gasteiger partial charge on any atom is -0.493 e. The fourth-order valence-corrected chi connectivity index (χ4v) is 5.54. The van der Waals surface area contributed by atoms with Gasteiger partial charge in [0.25, 0.3) is 0 Å². The second kappa shape index (κ2) is 14.2. The number of methoxy groups -OCH3 is 3. The molecule has 3 atom stereocenters. The van der Waals surface area contributed by atoms with Gasteiger partial charge in [0, 0.05) is 25.5 Å². The van der Waals surface area contributed by atoms with E-state index >= 15 is 0 Å². The van der Waals surface area contributed by atoms with Crippen LogP contribution in [0.2, 0.25) is 0 Å². The van der Waals surface area contributed by atoms with Crippen LogP contribution in [0.4, 0.5) is 5.69 Å².